The van der Waals surface area contributed by atoms with Gasteiger partial charge in [0.05, 0.1) is 26.4 Å². The van der Waals surface area contributed by atoms with Crippen LogP contribution in [-0.2, 0) is 55.8 Å². The van der Waals surface area contributed by atoms with Crippen molar-refractivity contribution in [3.8, 4) is 0 Å². The molecule has 0 amide bonds. The molecule has 4 N–H and O–H groups in total. The summed E-state index contributed by atoms with van der Waals surface area (Å²) in [5.74, 6) is -1.67. The molecule has 0 fully saturated rings. The van der Waals surface area contributed by atoms with E-state index in [4.69, 9.17) is 32.3 Å². The Hall–Kier alpha value is -5.35. The standard InChI is InChI=1S/C81H130O16P2/c1-4-7-10-13-16-19-22-25-28-31-34-35-36-37-38-39-42-44-46-49-52-55-58-61-64-67-79(84)91-70-76(82)71-93-98(87,88)94-72-77(83)73-95-99(89,90)96-75-78(97-81(86)69-66-63-60-57-54-51-48-45-41-33-30-27-24-21-18-15-12-9-6-3)74-92-80(85)68-65-62-59-56-53-50-47-43-40-32-29-26-23-20-17-14-11-8-5-2/h7-12,16-21,25-30,34-35,37-38,40-41,43,45,50-51,53-54,76-78,82-83H,4-6,13-15,22-24,31-33,36,39,42,44,46-49,52,55-75H2,1-3H3,(H,87,88)(H,89,90)/b10-7-,11-8-,12-9-,19-16-,20-17-,21-18-,28-25-,29-26-,30-27-,35-34-,38-37-,43-40-,45-41-,53-50-,54-51-. The van der Waals surface area contributed by atoms with E-state index in [0.29, 0.717) is 19.3 Å². The smallest absolute Gasteiger partial charge is 0.463 e. The van der Waals surface area contributed by atoms with E-state index in [1.807, 2.05) is 0 Å². The molecule has 0 aromatic carbocycles. The van der Waals surface area contributed by atoms with Crippen molar-refractivity contribution in [2.45, 2.75) is 270 Å². The first kappa shape index (κ1) is 93.6. The second-order valence-corrected chi connectivity index (χ2v) is 26.9. The van der Waals surface area contributed by atoms with E-state index in [2.05, 4.69) is 203 Å². The number of aliphatic hydroxyl groups excluding tert-OH is 2. The number of allylic oxidation sites excluding steroid dienone is 30. The van der Waals surface area contributed by atoms with E-state index < -0.39 is 91.5 Å². The SMILES string of the molecule is CC/C=C\C/C=C\C/C=C\C/C=C\C/C=C\CCCCCCCCCCCC(=O)OCC(O)COP(=O)(O)OCC(O)COP(=O)(O)OCC(COC(=O)CCCCC/C=C\C/C=C\C/C=C\C/C=C\C/C=C\CC)OC(=O)CCCCC/C=C\C/C=C\C/C=C\C/C=C\C/C=C\CC. The molecule has 0 heterocycles. The fourth-order valence-electron chi connectivity index (χ4n) is 9.06. The molecule has 5 atom stereocenters. The zero-order valence-electron chi connectivity index (χ0n) is 60.8. The van der Waals surface area contributed by atoms with Gasteiger partial charge in [-0.15, -0.1) is 0 Å². The third-order valence-electron chi connectivity index (χ3n) is 14.6. The van der Waals surface area contributed by atoms with Gasteiger partial charge in [-0.25, -0.2) is 9.13 Å². The second-order valence-electron chi connectivity index (χ2n) is 23.9. The van der Waals surface area contributed by atoms with Gasteiger partial charge >= 0.3 is 33.6 Å². The van der Waals surface area contributed by atoms with E-state index in [0.717, 1.165) is 167 Å². The lowest BCUT2D eigenvalue weighted by atomic mass is 10.1. The van der Waals surface area contributed by atoms with Crippen LogP contribution in [0, 0.1) is 0 Å². The average molecular weight is 1420 g/mol. The second kappa shape index (κ2) is 72.4. The first-order chi connectivity index (χ1) is 48.2. The number of carbonyl (C=O) groups is 3. The number of rotatable bonds is 68. The molecule has 0 aliphatic heterocycles. The Balaban J connectivity index is 4.73. The number of phosphoric ester groups is 2. The molecule has 5 unspecified atom stereocenters. The van der Waals surface area contributed by atoms with E-state index in [1.165, 1.54) is 25.7 Å². The van der Waals surface area contributed by atoms with Gasteiger partial charge in [0.25, 0.3) is 0 Å². The molecule has 0 rings (SSSR count). The maximum atomic E-state index is 13.0. The Morgan fingerprint density at radius 2 is 0.505 bits per heavy atom. The quantitative estimate of drug-likeness (QED) is 0.0146. The van der Waals surface area contributed by atoms with E-state index in [9.17, 15) is 43.5 Å². The number of ether oxygens (including phenoxy) is 3. The van der Waals surface area contributed by atoms with E-state index in [-0.39, 0.29) is 19.3 Å². The summed E-state index contributed by atoms with van der Waals surface area (Å²) >= 11 is 0. The summed E-state index contributed by atoms with van der Waals surface area (Å²) in [6, 6.07) is 0. The van der Waals surface area contributed by atoms with Gasteiger partial charge in [0, 0.05) is 19.3 Å². The van der Waals surface area contributed by atoms with E-state index in [1.54, 1.807) is 0 Å². The number of carbonyl (C=O) groups excluding carboxylic acids is 3. The van der Waals surface area contributed by atoms with Gasteiger partial charge < -0.3 is 34.2 Å². The van der Waals surface area contributed by atoms with Crippen LogP contribution in [0.25, 0.3) is 0 Å². The minimum Gasteiger partial charge on any atom is -0.463 e. The zero-order valence-corrected chi connectivity index (χ0v) is 62.6. The van der Waals surface area contributed by atoms with Crippen LogP contribution < -0.4 is 0 Å². The lowest BCUT2D eigenvalue weighted by molar-refractivity contribution is -0.161. The Labute approximate surface area is 598 Å². The molecular formula is C81H130O16P2. The molecule has 0 saturated heterocycles. The first-order valence-electron chi connectivity index (χ1n) is 37.1. The number of hydrogen-bond acceptors (Lipinski definition) is 14. The molecule has 18 heteroatoms. The van der Waals surface area contributed by atoms with Gasteiger partial charge in [0.1, 0.15) is 25.4 Å². The maximum Gasteiger partial charge on any atom is 0.472 e. The molecule has 0 saturated carbocycles. The molecule has 0 aromatic rings. The predicted octanol–water partition coefficient (Wildman–Crippen LogP) is 21.4. The van der Waals surface area contributed by atoms with Gasteiger partial charge in [-0.3, -0.25) is 32.5 Å². The third-order valence-corrected chi connectivity index (χ3v) is 16.5. The predicted molar refractivity (Wildman–Crippen MR) is 408 cm³/mol. The third kappa shape index (κ3) is 73.7. The van der Waals surface area contributed by atoms with Crippen LogP contribution in [-0.4, -0.2) is 95.9 Å². The van der Waals surface area contributed by atoms with Crippen LogP contribution in [0.15, 0.2) is 182 Å². The average Bonchev–Trinajstić information content (AvgIpc) is 2.90. The molecule has 16 nitrogen and oxygen atoms in total. The van der Waals surface area contributed by atoms with Crippen LogP contribution in [0.5, 0.6) is 0 Å². The van der Waals surface area contributed by atoms with Crippen molar-refractivity contribution < 1.29 is 75.8 Å². The Morgan fingerprint density at radius 3 is 0.808 bits per heavy atom. The normalized spacial score (nSPS) is 15.1. The van der Waals surface area contributed by atoms with Crippen molar-refractivity contribution in [2.75, 3.05) is 39.6 Å². The number of unbranched alkanes of at least 4 members (excludes halogenated alkanes) is 15. The molecule has 0 spiro atoms. The zero-order chi connectivity index (χ0) is 72.3. The van der Waals surface area contributed by atoms with Gasteiger partial charge in [-0.1, -0.05) is 261 Å². The summed E-state index contributed by atoms with van der Waals surface area (Å²) < 4.78 is 61.0. The lowest BCUT2D eigenvalue weighted by Gasteiger charge is -2.21. The summed E-state index contributed by atoms with van der Waals surface area (Å²) in [4.78, 5) is 58.6. The lowest BCUT2D eigenvalue weighted by Crippen LogP contribution is -2.30. The largest absolute Gasteiger partial charge is 0.472 e. The fraction of sp³-hybridized carbons (Fsp3) is 0.593. The van der Waals surface area contributed by atoms with Crippen LogP contribution in [0.3, 0.4) is 0 Å². The minimum atomic E-state index is -4.96. The highest BCUT2D eigenvalue weighted by Gasteiger charge is 2.29. The molecule has 0 bridgehead atoms. The monoisotopic (exact) mass is 1420 g/mol. The highest BCUT2D eigenvalue weighted by Crippen LogP contribution is 2.45. The van der Waals surface area contributed by atoms with Crippen molar-refractivity contribution in [1.82, 2.24) is 0 Å². The Morgan fingerprint density at radius 1 is 0.283 bits per heavy atom. The summed E-state index contributed by atoms with van der Waals surface area (Å²) in [7, 11) is -9.83. The van der Waals surface area contributed by atoms with Crippen LogP contribution in [0.1, 0.15) is 252 Å². The molecular weight excluding hydrogens is 1290 g/mol. The number of aliphatic hydroxyl groups is 2. The van der Waals surface area contributed by atoms with Crippen LogP contribution in [0.2, 0.25) is 0 Å². The highest BCUT2D eigenvalue weighted by molar-refractivity contribution is 7.47. The molecule has 0 aliphatic rings. The number of phosphoric acid groups is 2. The summed E-state index contributed by atoms with van der Waals surface area (Å²) in [6.45, 7) is 2.22. The van der Waals surface area contributed by atoms with Gasteiger partial charge in [0.15, 0.2) is 6.10 Å². The Bertz CT molecular complexity index is 2530. The van der Waals surface area contributed by atoms with Crippen molar-refractivity contribution in [3.05, 3.63) is 182 Å². The van der Waals surface area contributed by atoms with Crippen molar-refractivity contribution in [1.29, 1.82) is 0 Å². The number of esters is 3. The molecule has 560 valence electrons. The summed E-state index contributed by atoms with van der Waals surface area (Å²) in [6.07, 6.45) is 92.2. The molecule has 0 aliphatic carbocycles. The van der Waals surface area contributed by atoms with Crippen LogP contribution in [0.4, 0.5) is 0 Å². The summed E-state index contributed by atoms with van der Waals surface area (Å²) in [5.41, 5.74) is 0. The topological polar surface area (TPSA) is 231 Å². The van der Waals surface area contributed by atoms with Crippen molar-refractivity contribution in [2.24, 2.45) is 0 Å². The van der Waals surface area contributed by atoms with Gasteiger partial charge in [0.2, 0.25) is 0 Å². The number of hydrogen-bond donors (Lipinski definition) is 4. The minimum absolute atomic E-state index is 0.0500. The maximum absolute atomic E-state index is 13.0. The fourth-order valence-corrected chi connectivity index (χ4v) is 10.6. The summed E-state index contributed by atoms with van der Waals surface area (Å²) in [5, 5.41) is 20.6. The van der Waals surface area contributed by atoms with Gasteiger partial charge in [-0.05, 0) is 154 Å². The molecule has 0 aromatic heterocycles. The van der Waals surface area contributed by atoms with E-state index >= 15 is 0 Å². The van der Waals surface area contributed by atoms with Gasteiger partial charge in [-0.2, -0.15) is 0 Å². The van der Waals surface area contributed by atoms with Crippen LogP contribution >= 0.6 is 15.6 Å². The Kier molecular flexibility index (Phi) is 68.5. The molecule has 99 heavy (non-hydrogen) atoms. The van der Waals surface area contributed by atoms with Crippen molar-refractivity contribution >= 4 is 33.6 Å². The molecule has 0 radical (unpaired) electrons. The first-order valence-corrected chi connectivity index (χ1v) is 40.1. The van der Waals surface area contributed by atoms with Crippen molar-refractivity contribution in [3.63, 3.8) is 0 Å². The highest BCUT2D eigenvalue weighted by atomic mass is 31.2.